The van der Waals surface area contributed by atoms with Crippen LogP contribution in [-0.2, 0) is 0 Å². The number of carbonyl (C=O) groups is 1. The highest BCUT2D eigenvalue weighted by Gasteiger charge is 2.05. The van der Waals surface area contributed by atoms with Gasteiger partial charge in [0, 0.05) is 17.4 Å². The van der Waals surface area contributed by atoms with Gasteiger partial charge in [0.15, 0.2) is 5.78 Å². The summed E-state index contributed by atoms with van der Waals surface area (Å²) >= 11 is 1.59. The van der Waals surface area contributed by atoms with Crippen LogP contribution in [0.15, 0.2) is 10.8 Å². The zero-order valence-electron chi connectivity index (χ0n) is 6.18. The van der Waals surface area contributed by atoms with Crippen LogP contribution < -0.4 is 0 Å². The van der Waals surface area contributed by atoms with Gasteiger partial charge in [0.25, 0.3) is 0 Å². The smallest absolute Gasteiger partial charge is 0.163 e. The van der Waals surface area contributed by atoms with E-state index in [0.717, 1.165) is 11.1 Å². The number of rotatable bonds is 2. The second kappa shape index (κ2) is 2.97. The molecule has 0 unspecified atom stereocenters. The molecule has 0 aliphatic heterocycles. The predicted molar refractivity (Wildman–Crippen MR) is 43.7 cm³/mol. The van der Waals surface area contributed by atoms with Gasteiger partial charge < -0.3 is 0 Å². The van der Waals surface area contributed by atoms with Crippen LogP contribution in [-0.4, -0.2) is 5.78 Å². The van der Waals surface area contributed by atoms with Crippen molar-refractivity contribution in [3.63, 3.8) is 0 Å². The summed E-state index contributed by atoms with van der Waals surface area (Å²) in [6.07, 6.45) is 0.609. The largest absolute Gasteiger partial charge is 0.294 e. The van der Waals surface area contributed by atoms with Gasteiger partial charge in [-0.15, -0.1) is 0 Å². The number of ketones is 1. The summed E-state index contributed by atoms with van der Waals surface area (Å²) in [5.41, 5.74) is 2.00. The molecule has 1 aromatic rings. The predicted octanol–water partition coefficient (Wildman–Crippen LogP) is 2.65. The van der Waals surface area contributed by atoms with E-state index in [2.05, 4.69) is 0 Å². The molecule has 0 aliphatic rings. The van der Waals surface area contributed by atoms with Crippen LogP contribution >= 0.6 is 11.3 Å². The Kier molecular flexibility index (Phi) is 2.22. The van der Waals surface area contributed by atoms with Gasteiger partial charge >= 0.3 is 0 Å². The van der Waals surface area contributed by atoms with E-state index in [-0.39, 0.29) is 5.78 Å². The summed E-state index contributed by atoms with van der Waals surface area (Å²) in [5, 5.41) is 3.92. The van der Waals surface area contributed by atoms with Gasteiger partial charge in [-0.1, -0.05) is 6.92 Å². The van der Waals surface area contributed by atoms with Crippen molar-refractivity contribution in [1.29, 1.82) is 0 Å². The third kappa shape index (κ3) is 1.27. The van der Waals surface area contributed by atoms with Gasteiger partial charge in [0.05, 0.1) is 0 Å². The zero-order valence-corrected chi connectivity index (χ0v) is 6.99. The van der Waals surface area contributed by atoms with Crippen LogP contribution in [0.25, 0.3) is 0 Å². The zero-order chi connectivity index (χ0) is 7.56. The Bertz CT molecular complexity index is 237. The van der Waals surface area contributed by atoms with Gasteiger partial charge in [-0.05, 0) is 17.9 Å². The van der Waals surface area contributed by atoms with Crippen LogP contribution in [0.3, 0.4) is 0 Å². The molecule has 0 aliphatic carbocycles. The van der Waals surface area contributed by atoms with Crippen molar-refractivity contribution in [3.8, 4) is 0 Å². The summed E-state index contributed by atoms with van der Waals surface area (Å²) in [6.45, 7) is 3.86. The molecule has 0 bridgehead atoms. The highest BCUT2D eigenvalue weighted by atomic mass is 32.1. The molecule has 0 fully saturated rings. The van der Waals surface area contributed by atoms with Crippen molar-refractivity contribution >= 4 is 17.1 Å². The van der Waals surface area contributed by atoms with Crippen molar-refractivity contribution in [2.24, 2.45) is 0 Å². The van der Waals surface area contributed by atoms with Crippen LogP contribution in [0, 0.1) is 6.92 Å². The minimum Gasteiger partial charge on any atom is -0.294 e. The first-order valence-corrected chi connectivity index (χ1v) is 4.26. The average molecular weight is 154 g/mol. The molecule has 1 aromatic heterocycles. The van der Waals surface area contributed by atoms with Crippen LogP contribution in [0.5, 0.6) is 0 Å². The fourth-order valence-electron chi connectivity index (χ4n) is 0.837. The van der Waals surface area contributed by atoms with E-state index in [0.29, 0.717) is 6.42 Å². The monoisotopic (exact) mass is 154 g/mol. The van der Waals surface area contributed by atoms with Crippen LogP contribution in [0.2, 0.25) is 0 Å². The maximum Gasteiger partial charge on any atom is 0.163 e. The van der Waals surface area contributed by atoms with Gasteiger partial charge in [-0.2, -0.15) is 11.3 Å². The first-order valence-electron chi connectivity index (χ1n) is 3.31. The molecule has 1 heterocycles. The summed E-state index contributed by atoms with van der Waals surface area (Å²) in [6, 6.07) is 0. The van der Waals surface area contributed by atoms with Crippen molar-refractivity contribution < 1.29 is 4.79 Å². The molecular weight excluding hydrogens is 144 g/mol. The molecule has 54 valence electrons. The number of hydrogen-bond acceptors (Lipinski definition) is 2. The fraction of sp³-hybridized carbons (Fsp3) is 0.375. The summed E-state index contributed by atoms with van der Waals surface area (Å²) in [4.78, 5) is 11.1. The lowest BCUT2D eigenvalue weighted by molar-refractivity contribution is 0.0988. The molecule has 0 N–H and O–H groups in total. The minimum atomic E-state index is 0.249. The molecule has 10 heavy (non-hydrogen) atoms. The molecule has 0 atom stereocenters. The number of hydrogen-bond donors (Lipinski definition) is 0. The Morgan fingerprint density at radius 2 is 2.30 bits per heavy atom. The van der Waals surface area contributed by atoms with Crippen molar-refractivity contribution in [2.45, 2.75) is 20.3 Å². The Morgan fingerprint density at radius 1 is 1.60 bits per heavy atom. The number of aryl methyl sites for hydroxylation is 1. The summed E-state index contributed by atoms with van der Waals surface area (Å²) < 4.78 is 0. The van der Waals surface area contributed by atoms with E-state index in [1.165, 1.54) is 0 Å². The fourth-order valence-corrected chi connectivity index (χ4v) is 1.69. The molecule has 0 saturated heterocycles. The molecule has 0 spiro atoms. The summed E-state index contributed by atoms with van der Waals surface area (Å²) in [7, 11) is 0. The van der Waals surface area contributed by atoms with E-state index in [4.69, 9.17) is 0 Å². The molecular formula is C8H10OS. The SMILES string of the molecule is CCC(=O)c1cscc1C. The molecule has 0 aromatic carbocycles. The lowest BCUT2D eigenvalue weighted by Gasteiger charge is -1.92. The Balaban J connectivity index is 2.93. The van der Waals surface area contributed by atoms with Gasteiger partial charge in [0.1, 0.15) is 0 Å². The third-order valence-electron chi connectivity index (χ3n) is 1.48. The van der Waals surface area contributed by atoms with E-state index in [1.54, 1.807) is 11.3 Å². The van der Waals surface area contributed by atoms with Crippen molar-refractivity contribution in [3.05, 3.63) is 21.9 Å². The molecule has 1 nitrogen and oxygen atoms in total. The lowest BCUT2D eigenvalue weighted by atomic mass is 10.1. The van der Waals surface area contributed by atoms with E-state index in [9.17, 15) is 4.79 Å². The molecule has 0 amide bonds. The standard InChI is InChI=1S/C8H10OS/c1-3-8(9)7-5-10-4-6(7)2/h4-5H,3H2,1-2H3. The third-order valence-corrected chi connectivity index (χ3v) is 2.34. The van der Waals surface area contributed by atoms with Gasteiger partial charge in [0.2, 0.25) is 0 Å². The van der Waals surface area contributed by atoms with Crippen LogP contribution in [0.4, 0.5) is 0 Å². The lowest BCUT2D eigenvalue weighted by Crippen LogP contribution is -1.95. The quantitative estimate of drug-likeness (QED) is 0.598. The number of carbonyl (C=O) groups excluding carboxylic acids is 1. The number of Topliss-reactive ketones (excluding diaryl/α,β-unsaturated/α-hetero) is 1. The average Bonchev–Trinajstić information content (AvgIpc) is 2.34. The second-order valence-electron chi connectivity index (χ2n) is 2.25. The topological polar surface area (TPSA) is 17.1 Å². The molecule has 0 saturated carbocycles. The number of thiophene rings is 1. The Morgan fingerprint density at radius 3 is 2.70 bits per heavy atom. The van der Waals surface area contributed by atoms with E-state index >= 15 is 0 Å². The van der Waals surface area contributed by atoms with Crippen LogP contribution in [0.1, 0.15) is 29.3 Å². The van der Waals surface area contributed by atoms with Crippen molar-refractivity contribution in [1.82, 2.24) is 0 Å². The van der Waals surface area contributed by atoms with Crippen molar-refractivity contribution in [2.75, 3.05) is 0 Å². The van der Waals surface area contributed by atoms with E-state index < -0.39 is 0 Å². The normalized spacial score (nSPS) is 9.80. The van der Waals surface area contributed by atoms with Gasteiger partial charge in [-0.25, -0.2) is 0 Å². The second-order valence-corrected chi connectivity index (χ2v) is 2.99. The van der Waals surface area contributed by atoms with Gasteiger partial charge in [-0.3, -0.25) is 4.79 Å². The summed E-state index contributed by atoms with van der Waals surface area (Å²) in [5.74, 6) is 0.249. The maximum atomic E-state index is 11.1. The highest BCUT2D eigenvalue weighted by molar-refractivity contribution is 7.08. The highest BCUT2D eigenvalue weighted by Crippen LogP contribution is 2.14. The Labute approximate surface area is 64.7 Å². The first-order chi connectivity index (χ1) is 4.75. The van der Waals surface area contributed by atoms with E-state index in [1.807, 2.05) is 24.6 Å². The minimum absolute atomic E-state index is 0.249. The first kappa shape index (κ1) is 7.48. The molecule has 0 radical (unpaired) electrons. The molecule has 1 rings (SSSR count). The Hall–Kier alpha value is -0.630. The maximum absolute atomic E-state index is 11.1. The molecule has 2 heteroatoms.